The van der Waals surface area contributed by atoms with Crippen molar-refractivity contribution in [1.29, 1.82) is 0 Å². The molecule has 1 amide bonds. The number of methoxy groups -OCH3 is 1. The lowest BCUT2D eigenvalue weighted by atomic mass is 10.0. The topological polar surface area (TPSA) is 76.1 Å². The molecule has 172 valence electrons. The molecular weight excluding hydrogens is 490 g/mol. The molecule has 1 fully saturated rings. The Morgan fingerprint density at radius 2 is 1.94 bits per heavy atom. The molecule has 3 aromatic rings. The van der Waals surface area contributed by atoms with Crippen molar-refractivity contribution < 1.29 is 13.9 Å². The molecule has 3 heterocycles. The largest absolute Gasteiger partial charge is 0.481 e. The Balaban J connectivity index is 1.62. The normalized spacial score (nSPS) is 15.5. The zero-order valence-corrected chi connectivity index (χ0v) is 19.9. The molecule has 0 spiro atoms. The molecule has 0 bridgehead atoms. The zero-order chi connectivity index (χ0) is 23.5. The van der Waals surface area contributed by atoms with E-state index < -0.39 is 5.82 Å². The van der Waals surface area contributed by atoms with Crippen molar-refractivity contribution in [3.8, 4) is 28.3 Å². The average Bonchev–Trinajstić information content (AvgIpc) is 3.22. The van der Waals surface area contributed by atoms with Gasteiger partial charge in [-0.25, -0.2) is 14.4 Å². The van der Waals surface area contributed by atoms with E-state index in [1.807, 2.05) is 0 Å². The van der Waals surface area contributed by atoms with Gasteiger partial charge in [-0.1, -0.05) is 53.0 Å². The van der Waals surface area contributed by atoms with Crippen LogP contribution in [0.25, 0.3) is 22.4 Å². The average molecular weight is 510 g/mol. The van der Waals surface area contributed by atoms with Gasteiger partial charge >= 0.3 is 0 Å². The molecule has 1 aliphatic heterocycles. The van der Waals surface area contributed by atoms with E-state index in [0.717, 1.165) is 6.42 Å². The van der Waals surface area contributed by atoms with Crippen molar-refractivity contribution in [2.24, 2.45) is 0 Å². The van der Waals surface area contributed by atoms with Crippen LogP contribution >= 0.6 is 34.8 Å². The van der Waals surface area contributed by atoms with E-state index in [1.165, 1.54) is 19.4 Å². The van der Waals surface area contributed by atoms with Crippen LogP contribution in [0.3, 0.4) is 0 Å². The van der Waals surface area contributed by atoms with Gasteiger partial charge in [0, 0.05) is 54.5 Å². The second-order valence-electron chi connectivity index (χ2n) is 7.54. The Morgan fingerprint density at radius 1 is 1.18 bits per heavy atom. The molecule has 1 atom stereocenters. The molecule has 2 aromatic heterocycles. The van der Waals surface area contributed by atoms with Gasteiger partial charge in [0.05, 0.1) is 28.4 Å². The number of ether oxygens (including phenoxy) is 1. The van der Waals surface area contributed by atoms with Crippen molar-refractivity contribution in [1.82, 2.24) is 20.6 Å². The van der Waals surface area contributed by atoms with Gasteiger partial charge in [-0.2, -0.15) is 0 Å². The van der Waals surface area contributed by atoms with Crippen LogP contribution in [-0.4, -0.2) is 35.6 Å². The smallest absolute Gasteiger partial charge is 0.221 e. The van der Waals surface area contributed by atoms with Gasteiger partial charge in [0.25, 0.3) is 0 Å². The molecule has 2 N–H and O–H groups in total. The molecule has 0 saturated carbocycles. The lowest BCUT2D eigenvalue weighted by molar-refractivity contribution is -0.119. The standard InChI is InChI=1S/C23H20Cl3FN4O2/c1-33-23-16(11-28-10-12-5-6-19(32)30-12)17(27)9-18(31-23)15-4-2-3-13(20(15)24)14-7-8-29-22(26)21(14)25/h2-4,7-9,12,28H,5-6,10-11H2,1H3,(H,30,32). The number of hydrogen-bond donors (Lipinski definition) is 2. The number of aromatic nitrogens is 2. The Morgan fingerprint density at radius 3 is 2.67 bits per heavy atom. The van der Waals surface area contributed by atoms with E-state index >= 15 is 4.39 Å². The summed E-state index contributed by atoms with van der Waals surface area (Å²) in [6.45, 7) is 0.729. The van der Waals surface area contributed by atoms with Gasteiger partial charge < -0.3 is 15.4 Å². The molecule has 1 unspecified atom stereocenters. The van der Waals surface area contributed by atoms with E-state index in [1.54, 1.807) is 24.3 Å². The minimum atomic E-state index is -0.480. The molecule has 0 aliphatic carbocycles. The minimum absolute atomic E-state index is 0.0333. The first-order valence-corrected chi connectivity index (χ1v) is 11.3. The van der Waals surface area contributed by atoms with Gasteiger partial charge in [-0.05, 0) is 12.5 Å². The first-order valence-electron chi connectivity index (χ1n) is 10.2. The first-order chi connectivity index (χ1) is 15.9. The minimum Gasteiger partial charge on any atom is -0.481 e. The Kier molecular flexibility index (Phi) is 7.34. The fourth-order valence-electron chi connectivity index (χ4n) is 3.75. The maximum absolute atomic E-state index is 15.1. The summed E-state index contributed by atoms with van der Waals surface area (Å²) in [7, 11) is 1.43. The van der Waals surface area contributed by atoms with E-state index in [2.05, 4.69) is 20.6 Å². The highest BCUT2D eigenvalue weighted by Crippen LogP contribution is 2.40. The van der Waals surface area contributed by atoms with E-state index in [9.17, 15) is 4.79 Å². The number of benzene rings is 1. The van der Waals surface area contributed by atoms with Crippen molar-refractivity contribution in [2.45, 2.75) is 25.4 Å². The number of hydrogen-bond acceptors (Lipinski definition) is 5. The summed E-state index contributed by atoms with van der Waals surface area (Å²) in [5.74, 6) is -0.295. The number of nitrogens with one attached hydrogen (secondary N) is 2. The highest BCUT2D eigenvalue weighted by atomic mass is 35.5. The summed E-state index contributed by atoms with van der Waals surface area (Å²) in [4.78, 5) is 19.8. The van der Waals surface area contributed by atoms with Gasteiger partial charge in [-0.3, -0.25) is 4.79 Å². The maximum atomic E-state index is 15.1. The van der Waals surface area contributed by atoms with Crippen molar-refractivity contribution in [3.63, 3.8) is 0 Å². The van der Waals surface area contributed by atoms with Crippen LogP contribution in [0.5, 0.6) is 5.88 Å². The fourth-order valence-corrected chi connectivity index (χ4v) is 4.45. The van der Waals surface area contributed by atoms with Gasteiger partial charge in [-0.15, -0.1) is 0 Å². The molecule has 6 nitrogen and oxygen atoms in total. The second-order valence-corrected chi connectivity index (χ2v) is 8.66. The second kappa shape index (κ2) is 10.2. The number of rotatable bonds is 7. The summed E-state index contributed by atoms with van der Waals surface area (Å²) in [6, 6.07) is 8.37. The summed E-state index contributed by atoms with van der Waals surface area (Å²) in [5.41, 5.74) is 2.36. The molecule has 1 aromatic carbocycles. The van der Waals surface area contributed by atoms with Crippen LogP contribution in [0, 0.1) is 5.82 Å². The molecule has 33 heavy (non-hydrogen) atoms. The first kappa shape index (κ1) is 23.7. The van der Waals surface area contributed by atoms with E-state index in [4.69, 9.17) is 39.5 Å². The number of amides is 1. The Labute approximate surface area is 205 Å². The predicted octanol–water partition coefficient (Wildman–Crippen LogP) is 5.29. The molecular formula is C23H20Cl3FN4O2. The number of halogens is 4. The van der Waals surface area contributed by atoms with Crippen molar-refractivity contribution >= 4 is 40.7 Å². The van der Waals surface area contributed by atoms with Crippen LogP contribution in [0.1, 0.15) is 18.4 Å². The fraction of sp³-hybridized carbons (Fsp3) is 0.261. The number of carbonyl (C=O) groups excluding carboxylic acids is 1. The summed E-state index contributed by atoms with van der Waals surface area (Å²) < 4.78 is 20.5. The zero-order valence-electron chi connectivity index (χ0n) is 17.6. The third kappa shape index (κ3) is 5.06. The summed E-state index contributed by atoms with van der Waals surface area (Å²) >= 11 is 19.1. The quantitative estimate of drug-likeness (QED) is 0.424. The molecule has 10 heteroatoms. The Hall–Kier alpha value is -2.45. The Bertz CT molecular complexity index is 1210. The summed E-state index contributed by atoms with van der Waals surface area (Å²) in [6.07, 6.45) is 2.80. The van der Waals surface area contributed by atoms with Crippen LogP contribution < -0.4 is 15.4 Å². The molecule has 0 radical (unpaired) electrons. The highest BCUT2D eigenvalue weighted by Gasteiger charge is 2.22. The highest BCUT2D eigenvalue weighted by molar-refractivity contribution is 6.43. The van der Waals surface area contributed by atoms with Crippen LogP contribution in [-0.2, 0) is 11.3 Å². The number of nitrogens with zero attached hydrogens (tertiary/aromatic N) is 2. The van der Waals surface area contributed by atoms with Gasteiger partial charge in [0.1, 0.15) is 11.0 Å². The monoisotopic (exact) mass is 508 g/mol. The number of carbonyl (C=O) groups is 1. The third-order valence-corrected chi connectivity index (χ3v) is 6.59. The SMILES string of the molecule is COc1nc(-c2cccc(-c3ccnc(Cl)c3Cl)c2Cl)cc(F)c1CNCC1CCC(=O)N1. The lowest BCUT2D eigenvalue weighted by Gasteiger charge is -2.16. The van der Waals surface area contributed by atoms with E-state index in [0.29, 0.717) is 45.9 Å². The van der Waals surface area contributed by atoms with Gasteiger partial charge in [0.15, 0.2) is 0 Å². The number of pyridine rings is 2. The van der Waals surface area contributed by atoms with Crippen molar-refractivity contribution in [2.75, 3.05) is 13.7 Å². The molecule has 1 aliphatic rings. The summed E-state index contributed by atoms with van der Waals surface area (Å²) in [5, 5.41) is 6.81. The van der Waals surface area contributed by atoms with E-state index in [-0.39, 0.29) is 34.5 Å². The van der Waals surface area contributed by atoms with Gasteiger partial charge in [0.2, 0.25) is 11.8 Å². The molecule has 4 rings (SSSR count). The van der Waals surface area contributed by atoms with Crippen LogP contribution in [0.2, 0.25) is 15.2 Å². The lowest BCUT2D eigenvalue weighted by Crippen LogP contribution is -2.35. The predicted molar refractivity (Wildman–Crippen MR) is 127 cm³/mol. The molecule has 1 saturated heterocycles. The van der Waals surface area contributed by atoms with Crippen LogP contribution in [0.4, 0.5) is 4.39 Å². The van der Waals surface area contributed by atoms with Crippen molar-refractivity contribution in [3.05, 3.63) is 63.1 Å². The maximum Gasteiger partial charge on any atom is 0.221 e. The van der Waals surface area contributed by atoms with Crippen LogP contribution in [0.15, 0.2) is 36.5 Å². The third-order valence-electron chi connectivity index (χ3n) is 5.41.